The normalized spacial score (nSPS) is 12.7. The number of carbonyl (C=O) groups is 2. The molecule has 156 valence electrons. The smallest absolute Gasteiger partial charge is 0.269 e. The second-order valence-corrected chi connectivity index (χ2v) is 7.42. The van der Waals surface area contributed by atoms with Crippen LogP contribution in [0, 0.1) is 10.1 Å². The monoisotopic (exact) mass is 415 g/mol. The first-order chi connectivity index (χ1) is 15.0. The maximum absolute atomic E-state index is 12.9. The first-order valence-corrected chi connectivity index (χ1v) is 10.0. The van der Waals surface area contributed by atoms with E-state index in [9.17, 15) is 19.7 Å². The lowest BCUT2D eigenvalue weighted by Gasteiger charge is -2.30. The zero-order chi connectivity index (χ0) is 21.8. The molecule has 1 aliphatic heterocycles. The van der Waals surface area contributed by atoms with Gasteiger partial charge in [-0.1, -0.05) is 30.3 Å². The van der Waals surface area contributed by atoms with E-state index in [-0.39, 0.29) is 23.9 Å². The standard InChI is InChI=1S/C24H21N3O4/c28-23(15-17-8-11-21(12-9-17)27(30)31)25-20-10-13-22-19(16-20)7-4-14-26(22)24(29)18-5-2-1-3-6-18/h1-3,5-6,8-13,16H,4,7,14-15H2,(H,25,28). The Kier molecular flexibility index (Phi) is 5.75. The van der Waals surface area contributed by atoms with Crippen LogP contribution in [0.5, 0.6) is 0 Å². The maximum Gasteiger partial charge on any atom is 0.269 e. The van der Waals surface area contributed by atoms with Crippen molar-refractivity contribution in [2.75, 3.05) is 16.8 Å². The van der Waals surface area contributed by atoms with Crippen molar-refractivity contribution < 1.29 is 14.5 Å². The number of hydrogen-bond acceptors (Lipinski definition) is 4. The van der Waals surface area contributed by atoms with Crippen LogP contribution < -0.4 is 10.2 Å². The van der Waals surface area contributed by atoms with E-state index in [0.717, 1.165) is 24.1 Å². The Morgan fingerprint density at radius 3 is 2.45 bits per heavy atom. The van der Waals surface area contributed by atoms with Crippen molar-refractivity contribution in [2.24, 2.45) is 0 Å². The highest BCUT2D eigenvalue weighted by Crippen LogP contribution is 2.31. The molecule has 1 aliphatic rings. The van der Waals surface area contributed by atoms with Gasteiger partial charge >= 0.3 is 0 Å². The molecule has 1 heterocycles. The number of amides is 2. The third-order valence-electron chi connectivity index (χ3n) is 5.26. The largest absolute Gasteiger partial charge is 0.326 e. The summed E-state index contributed by atoms with van der Waals surface area (Å²) in [6.45, 7) is 0.659. The zero-order valence-electron chi connectivity index (χ0n) is 16.8. The van der Waals surface area contributed by atoms with Crippen molar-refractivity contribution in [3.05, 3.63) is 99.6 Å². The van der Waals surface area contributed by atoms with E-state index in [2.05, 4.69) is 5.32 Å². The number of nitro groups is 1. The summed E-state index contributed by atoms with van der Waals surface area (Å²) in [6, 6.07) is 20.7. The second-order valence-electron chi connectivity index (χ2n) is 7.42. The van der Waals surface area contributed by atoms with Gasteiger partial charge in [0.2, 0.25) is 5.91 Å². The highest BCUT2D eigenvalue weighted by molar-refractivity contribution is 6.07. The van der Waals surface area contributed by atoms with E-state index in [1.807, 2.05) is 42.5 Å². The van der Waals surface area contributed by atoms with E-state index in [0.29, 0.717) is 23.4 Å². The van der Waals surface area contributed by atoms with Crippen molar-refractivity contribution in [1.82, 2.24) is 0 Å². The van der Waals surface area contributed by atoms with E-state index in [1.165, 1.54) is 12.1 Å². The molecule has 1 N–H and O–H groups in total. The van der Waals surface area contributed by atoms with Gasteiger partial charge in [-0.25, -0.2) is 0 Å². The average molecular weight is 415 g/mol. The van der Waals surface area contributed by atoms with Crippen LogP contribution in [0.25, 0.3) is 0 Å². The summed E-state index contributed by atoms with van der Waals surface area (Å²) < 4.78 is 0. The predicted molar refractivity (Wildman–Crippen MR) is 118 cm³/mol. The molecule has 2 amide bonds. The minimum atomic E-state index is -0.469. The zero-order valence-corrected chi connectivity index (χ0v) is 16.8. The third-order valence-corrected chi connectivity index (χ3v) is 5.26. The van der Waals surface area contributed by atoms with Crippen molar-refractivity contribution in [1.29, 1.82) is 0 Å². The topological polar surface area (TPSA) is 92.5 Å². The molecule has 0 aromatic heterocycles. The fourth-order valence-corrected chi connectivity index (χ4v) is 3.75. The summed E-state index contributed by atoms with van der Waals surface area (Å²) in [5.41, 5.74) is 3.89. The van der Waals surface area contributed by atoms with E-state index < -0.39 is 4.92 Å². The van der Waals surface area contributed by atoms with Crippen LogP contribution in [0.1, 0.15) is 27.9 Å². The van der Waals surface area contributed by atoms with E-state index in [4.69, 9.17) is 0 Å². The highest BCUT2D eigenvalue weighted by Gasteiger charge is 2.23. The Morgan fingerprint density at radius 2 is 1.74 bits per heavy atom. The first kappa shape index (κ1) is 20.3. The second kappa shape index (κ2) is 8.79. The Bertz CT molecular complexity index is 1130. The minimum Gasteiger partial charge on any atom is -0.326 e. The van der Waals surface area contributed by atoms with E-state index >= 15 is 0 Å². The Labute approximate surface area is 179 Å². The molecule has 4 rings (SSSR count). The van der Waals surface area contributed by atoms with Gasteiger partial charge in [-0.15, -0.1) is 0 Å². The number of hydrogen-bond donors (Lipinski definition) is 1. The molecule has 0 aliphatic carbocycles. The number of aryl methyl sites for hydroxylation is 1. The molecule has 0 saturated carbocycles. The molecule has 7 nitrogen and oxygen atoms in total. The number of non-ortho nitro benzene ring substituents is 1. The highest BCUT2D eigenvalue weighted by atomic mass is 16.6. The van der Waals surface area contributed by atoms with Crippen LogP contribution in [0.4, 0.5) is 17.1 Å². The predicted octanol–water partition coefficient (Wildman–Crippen LogP) is 4.37. The van der Waals surface area contributed by atoms with E-state index in [1.54, 1.807) is 23.1 Å². The molecule has 0 bridgehead atoms. The van der Waals surface area contributed by atoms with Crippen LogP contribution in [-0.4, -0.2) is 23.3 Å². The summed E-state index contributed by atoms with van der Waals surface area (Å²) in [5.74, 6) is -0.238. The summed E-state index contributed by atoms with van der Waals surface area (Å²) in [6.07, 6.45) is 1.80. The van der Waals surface area contributed by atoms with Gasteiger partial charge in [0.25, 0.3) is 11.6 Å². The lowest BCUT2D eigenvalue weighted by Crippen LogP contribution is -2.35. The Morgan fingerprint density at radius 1 is 1.00 bits per heavy atom. The molecule has 31 heavy (non-hydrogen) atoms. The number of nitrogens with one attached hydrogen (secondary N) is 1. The SMILES string of the molecule is O=C(Cc1ccc([N+](=O)[O-])cc1)Nc1ccc2c(c1)CCCN2C(=O)c1ccccc1. The van der Waals surface area contributed by atoms with Crippen LogP contribution in [0.15, 0.2) is 72.8 Å². The molecular weight excluding hydrogens is 394 g/mol. The molecule has 0 saturated heterocycles. The van der Waals surface area contributed by atoms with Crippen molar-refractivity contribution in [2.45, 2.75) is 19.3 Å². The molecule has 0 unspecified atom stereocenters. The van der Waals surface area contributed by atoms with Gasteiger partial charge in [0.15, 0.2) is 0 Å². The third kappa shape index (κ3) is 4.61. The molecular formula is C24H21N3O4. The first-order valence-electron chi connectivity index (χ1n) is 10.0. The number of anilines is 2. The number of rotatable bonds is 5. The molecule has 0 fully saturated rings. The van der Waals surface area contributed by atoms with Crippen molar-refractivity contribution >= 4 is 28.9 Å². The number of benzene rings is 3. The van der Waals surface area contributed by atoms with Gasteiger partial charge in [-0.3, -0.25) is 19.7 Å². The molecule has 3 aromatic rings. The molecule has 7 heteroatoms. The number of carbonyl (C=O) groups excluding carboxylic acids is 2. The fourth-order valence-electron chi connectivity index (χ4n) is 3.75. The van der Waals surface area contributed by atoms with Gasteiger partial charge in [0, 0.05) is 35.6 Å². The van der Waals surface area contributed by atoms with Crippen LogP contribution in [0.3, 0.4) is 0 Å². The number of nitrogens with zero attached hydrogens (tertiary/aromatic N) is 2. The van der Waals surface area contributed by atoms with Crippen molar-refractivity contribution in [3.8, 4) is 0 Å². The van der Waals surface area contributed by atoms with Gasteiger partial charge in [0.1, 0.15) is 0 Å². The lowest BCUT2D eigenvalue weighted by molar-refractivity contribution is -0.384. The average Bonchev–Trinajstić information content (AvgIpc) is 2.79. The van der Waals surface area contributed by atoms with Crippen LogP contribution in [-0.2, 0) is 17.6 Å². The molecule has 0 radical (unpaired) electrons. The molecule has 3 aromatic carbocycles. The quantitative estimate of drug-likeness (QED) is 0.495. The van der Waals surface area contributed by atoms with Gasteiger partial charge in [0.05, 0.1) is 11.3 Å². The minimum absolute atomic E-state index is 0.00607. The van der Waals surface area contributed by atoms with Gasteiger partial charge in [-0.2, -0.15) is 0 Å². The molecule has 0 atom stereocenters. The Hall–Kier alpha value is -4.00. The van der Waals surface area contributed by atoms with Crippen LogP contribution >= 0.6 is 0 Å². The number of fused-ring (bicyclic) bond motifs is 1. The fraction of sp³-hybridized carbons (Fsp3) is 0.167. The van der Waals surface area contributed by atoms with Gasteiger partial charge in [-0.05, 0) is 54.3 Å². The summed E-state index contributed by atoms with van der Waals surface area (Å²) in [5, 5.41) is 13.6. The summed E-state index contributed by atoms with van der Waals surface area (Å²) in [7, 11) is 0. The molecule has 0 spiro atoms. The maximum atomic E-state index is 12.9. The summed E-state index contributed by atoms with van der Waals surface area (Å²) >= 11 is 0. The van der Waals surface area contributed by atoms with Gasteiger partial charge < -0.3 is 10.2 Å². The van der Waals surface area contributed by atoms with Crippen LogP contribution in [0.2, 0.25) is 0 Å². The number of nitro benzene ring substituents is 1. The van der Waals surface area contributed by atoms with Crippen molar-refractivity contribution in [3.63, 3.8) is 0 Å². The Balaban J connectivity index is 1.46. The summed E-state index contributed by atoms with van der Waals surface area (Å²) in [4.78, 5) is 37.4. The lowest BCUT2D eigenvalue weighted by atomic mass is 10.00.